The Labute approximate surface area is 92.0 Å². The molecule has 2 nitrogen and oxygen atoms in total. The van der Waals surface area contributed by atoms with Gasteiger partial charge in [-0.2, -0.15) is 0 Å². The zero-order valence-corrected chi connectivity index (χ0v) is 10.3. The van der Waals surface area contributed by atoms with Crippen LogP contribution in [0, 0.1) is 5.41 Å². The summed E-state index contributed by atoms with van der Waals surface area (Å²) in [6, 6.07) is 0. The summed E-state index contributed by atoms with van der Waals surface area (Å²) in [7, 11) is 0. The molecule has 1 aliphatic rings. The summed E-state index contributed by atoms with van der Waals surface area (Å²) in [6.45, 7) is 9.98. The summed E-state index contributed by atoms with van der Waals surface area (Å²) >= 11 is 0. The van der Waals surface area contributed by atoms with Crippen LogP contribution < -0.4 is 0 Å². The molecule has 0 spiro atoms. The minimum absolute atomic E-state index is 0.0759. The zero-order chi connectivity index (χ0) is 11.6. The lowest BCUT2D eigenvalue weighted by atomic mass is 9.84. The van der Waals surface area contributed by atoms with E-state index in [1.54, 1.807) is 0 Å². The molecule has 2 heteroatoms. The first-order valence-electron chi connectivity index (χ1n) is 5.37. The molecule has 0 atom stereocenters. The predicted octanol–water partition coefficient (Wildman–Crippen LogP) is 3.59. The van der Waals surface area contributed by atoms with Crippen LogP contribution in [0.25, 0.3) is 0 Å². The van der Waals surface area contributed by atoms with Gasteiger partial charge in [0, 0.05) is 12.3 Å². The minimum atomic E-state index is -0.230. The lowest BCUT2D eigenvalue weighted by molar-refractivity contribution is -0.138. The van der Waals surface area contributed by atoms with Crippen LogP contribution in [0.3, 0.4) is 0 Å². The summed E-state index contributed by atoms with van der Waals surface area (Å²) in [5, 5.41) is 0. The van der Waals surface area contributed by atoms with Gasteiger partial charge >= 0.3 is 5.97 Å². The Morgan fingerprint density at radius 2 is 1.93 bits per heavy atom. The van der Waals surface area contributed by atoms with Gasteiger partial charge in [0.05, 0.1) is 0 Å². The number of rotatable bonds is 1. The Hall–Kier alpha value is -1.05. The molecule has 0 aromatic carbocycles. The quantitative estimate of drug-likeness (QED) is 0.486. The third kappa shape index (κ3) is 2.95. The fraction of sp³-hybridized carbons (Fsp3) is 0.615. The number of carbonyl (C=O) groups excluding carboxylic acids is 1. The van der Waals surface area contributed by atoms with Crippen LogP contribution in [0.5, 0.6) is 0 Å². The molecule has 1 aliphatic carbocycles. The molecule has 0 saturated carbocycles. The van der Waals surface area contributed by atoms with Gasteiger partial charge in [-0.3, -0.25) is 4.79 Å². The van der Waals surface area contributed by atoms with Crippen LogP contribution in [0.1, 0.15) is 47.5 Å². The molecule has 0 unspecified atom stereocenters. The Bertz CT molecular complexity index is 332. The first-order chi connectivity index (χ1) is 6.83. The van der Waals surface area contributed by atoms with Gasteiger partial charge in [0.1, 0.15) is 5.76 Å². The van der Waals surface area contributed by atoms with Gasteiger partial charge in [0.2, 0.25) is 0 Å². The van der Waals surface area contributed by atoms with Crippen LogP contribution in [0.15, 0.2) is 23.0 Å². The van der Waals surface area contributed by atoms with Crippen molar-refractivity contribution in [1.29, 1.82) is 0 Å². The van der Waals surface area contributed by atoms with Crippen molar-refractivity contribution >= 4 is 5.97 Å². The second-order valence-electron chi connectivity index (χ2n) is 4.99. The van der Waals surface area contributed by atoms with Gasteiger partial charge in [-0.25, -0.2) is 0 Å². The second kappa shape index (κ2) is 4.21. The Morgan fingerprint density at radius 3 is 2.47 bits per heavy atom. The maximum Gasteiger partial charge on any atom is 0.307 e. The average Bonchev–Trinajstić information content (AvgIpc) is 2.16. The first-order valence-corrected chi connectivity index (χ1v) is 5.37. The number of allylic oxidation sites excluding steroid dienone is 4. The molecule has 0 heterocycles. The van der Waals surface area contributed by atoms with Crippen molar-refractivity contribution in [3.05, 3.63) is 23.0 Å². The van der Waals surface area contributed by atoms with Gasteiger partial charge in [0.25, 0.3) is 0 Å². The van der Waals surface area contributed by atoms with E-state index in [0.29, 0.717) is 0 Å². The van der Waals surface area contributed by atoms with Gasteiger partial charge in [-0.1, -0.05) is 25.0 Å². The monoisotopic (exact) mass is 208 g/mol. The molecule has 0 aromatic rings. The van der Waals surface area contributed by atoms with E-state index < -0.39 is 0 Å². The van der Waals surface area contributed by atoms with E-state index in [-0.39, 0.29) is 11.4 Å². The summed E-state index contributed by atoms with van der Waals surface area (Å²) in [6.07, 6.45) is 3.88. The van der Waals surface area contributed by atoms with E-state index in [0.717, 1.165) is 18.6 Å². The highest BCUT2D eigenvalue weighted by Gasteiger charge is 2.28. The van der Waals surface area contributed by atoms with Crippen molar-refractivity contribution in [2.24, 2.45) is 5.41 Å². The molecule has 0 N–H and O–H groups in total. The van der Waals surface area contributed by atoms with E-state index >= 15 is 0 Å². The summed E-state index contributed by atoms with van der Waals surface area (Å²) in [5.74, 6) is 0.581. The average molecular weight is 208 g/mol. The third-order valence-electron chi connectivity index (χ3n) is 2.95. The molecule has 0 saturated heterocycles. The highest BCUT2D eigenvalue weighted by molar-refractivity contribution is 5.67. The van der Waals surface area contributed by atoms with Gasteiger partial charge < -0.3 is 4.74 Å². The van der Waals surface area contributed by atoms with Crippen LogP contribution in [0.4, 0.5) is 0 Å². The molecule has 0 amide bonds. The molecule has 0 aliphatic heterocycles. The molecular weight excluding hydrogens is 188 g/mol. The molecular formula is C13H20O2. The van der Waals surface area contributed by atoms with E-state index in [9.17, 15) is 4.79 Å². The largest absolute Gasteiger partial charge is 0.431 e. The number of carbonyl (C=O) groups is 1. The maximum atomic E-state index is 11.0. The lowest BCUT2D eigenvalue weighted by Crippen LogP contribution is -2.18. The predicted molar refractivity (Wildman–Crippen MR) is 61.2 cm³/mol. The third-order valence-corrected chi connectivity index (χ3v) is 2.95. The smallest absolute Gasteiger partial charge is 0.307 e. The highest BCUT2D eigenvalue weighted by Crippen LogP contribution is 2.38. The van der Waals surface area contributed by atoms with Crippen LogP contribution in [0.2, 0.25) is 0 Å². The van der Waals surface area contributed by atoms with Gasteiger partial charge in [-0.15, -0.1) is 0 Å². The Morgan fingerprint density at radius 1 is 1.33 bits per heavy atom. The maximum absolute atomic E-state index is 11.0. The first kappa shape index (κ1) is 12.0. The SMILES string of the molecule is CC(=O)OC1=CCC(C)=C(C)CC1(C)C. The van der Waals surface area contributed by atoms with E-state index in [4.69, 9.17) is 4.74 Å². The van der Waals surface area contributed by atoms with Crippen molar-refractivity contribution in [2.45, 2.75) is 47.5 Å². The number of hydrogen-bond acceptors (Lipinski definition) is 2. The second-order valence-corrected chi connectivity index (χ2v) is 4.99. The topological polar surface area (TPSA) is 26.3 Å². The minimum Gasteiger partial charge on any atom is -0.431 e. The Kier molecular flexibility index (Phi) is 3.38. The molecule has 0 radical (unpaired) electrons. The lowest BCUT2D eigenvalue weighted by Gasteiger charge is -2.26. The number of hydrogen-bond donors (Lipinski definition) is 0. The summed E-state index contributed by atoms with van der Waals surface area (Å²) in [5.41, 5.74) is 2.71. The van der Waals surface area contributed by atoms with Crippen molar-refractivity contribution in [1.82, 2.24) is 0 Å². The summed E-state index contributed by atoms with van der Waals surface area (Å²) < 4.78 is 5.28. The molecule has 0 bridgehead atoms. The van der Waals surface area contributed by atoms with Crippen LogP contribution in [-0.4, -0.2) is 5.97 Å². The van der Waals surface area contributed by atoms with Crippen LogP contribution in [-0.2, 0) is 9.53 Å². The van der Waals surface area contributed by atoms with Crippen LogP contribution >= 0.6 is 0 Å². The normalized spacial score (nSPS) is 20.7. The van der Waals surface area contributed by atoms with Gasteiger partial charge in [0.15, 0.2) is 0 Å². The van der Waals surface area contributed by atoms with E-state index in [2.05, 4.69) is 27.7 Å². The fourth-order valence-corrected chi connectivity index (χ4v) is 1.93. The van der Waals surface area contributed by atoms with E-state index in [1.807, 2.05) is 6.08 Å². The zero-order valence-electron chi connectivity index (χ0n) is 10.3. The number of ether oxygens (including phenoxy) is 1. The molecule has 84 valence electrons. The van der Waals surface area contributed by atoms with E-state index in [1.165, 1.54) is 18.1 Å². The van der Waals surface area contributed by atoms with Crippen molar-refractivity contribution in [2.75, 3.05) is 0 Å². The molecule has 0 fully saturated rings. The fourth-order valence-electron chi connectivity index (χ4n) is 1.93. The Balaban J connectivity index is 2.95. The van der Waals surface area contributed by atoms with Crippen molar-refractivity contribution in [3.8, 4) is 0 Å². The van der Waals surface area contributed by atoms with Crippen molar-refractivity contribution in [3.63, 3.8) is 0 Å². The molecule has 1 rings (SSSR count). The van der Waals surface area contributed by atoms with Gasteiger partial charge in [-0.05, 0) is 32.8 Å². The molecule has 15 heavy (non-hydrogen) atoms. The van der Waals surface area contributed by atoms with Crippen molar-refractivity contribution < 1.29 is 9.53 Å². The highest BCUT2D eigenvalue weighted by atomic mass is 16.5. The molecule has 0 aromatic heterocycles. The number of esters is 1. The summed E-state index contributed by atoms with van der Waals surface area (Å²) in [4.78, 5) is 11.0. The standard InChI is InChI=1S/C13H20O2/c1-9-6-7-12(15-11(3)14)13(4,5)8-10(9)2/h7H,6,8H2,1-5H3.